The van der Waals surface area contributed by atoms with E-state index in [4.69, 9.17) is 10.4 Å². The third kappa shape index (κ3) is 3.41. The lowest BCUT2D eigenvalue weighted by Crippen LogP contribution is -2.10. The molecule has 0 aliphatic carbocycles. The average Bonchev–Trinajstić information content (AvgIpc) is 2.25. The van der Waals surface area contributed by atoms with Gasteiger partial charge in [0.2, 0.25) is 0 Å². The summed E-state index contributed by atoms with van der Waals surface area (Å²) >= 11 is 0. The van der Waals surface area contributed by atoms with Crippen molar-refractivity contribution in [3.05, 3.63) is 29.3 Å². The molecule has 90 valence electrons. The molecular weight excluding hydrogens is 232 g/mol. The summed E-state index contributed by atoms with van der Waals surface area (Å²) in [6.07, 6.45) is 0.289. The molecule has 0 atom stereocenters. The number of hydrogen-bond acceptors (Lipinski definition) is 3. The molecule has 1 aromatic carbocycles. The summed E-state index contributed by atoms with van der Waals surface area (Å²) < 4.78 is 28.3. The van der Waals surface area contributed by atoms with Crippen LogP contribution in [-0.2, 0) is 6.42 Å². The van der Waals surface area contributed by atoms with Crippen LogP contribution in [0.3, 0.4) is 0 Å². The van der Waals surface area contributed by atoms with Gasteiger partial charge >= 0.3 is 12.6 Å². The van der Waals surface area contributed by atoms with Crippen molar-refractivity contribution < 1.29 is 23.4 Å². The molecule has 17 heavy (non-hydrogen) atoms. The maximum Gasteiger partial charge on any atom is 0.387 e. The molecule has 0 radical (unpaired) electrons. The highest BCUT2D eigenvalue weighted by Crippen LogP contribution is 2.25. The topological polar surface area (TPSA) is 70.3 Å². The van der Waals surface area contributed by atoms with Crippen molar-refractivity contribution in [3.63, 3.8) is 0 Å². The Kier molecular flexibility index (Phi) is 4.40. The lowest BCUT2D eigenvalue weighted by Gasteiger charge is -2.11. The number of benzene rings is 1. The van der Waals surface area contributed by atoms with Crippen molar-refractivity contribution in [2.45, 2.75) is 19.5 Å². The highest BCUT2D eigenvalue weighted by molar-refractivity contribution is 5.92. The Morgan fingerprint density at radius 2 is 2.24 bits per heavy atom. The summed E-state index contributed by atoms with van der Waals surface area (Å²) in [7, 11) is 0. The van der Waals surface area contributed by atoms with Crippen molar-refractivity contribution in [1.29, 1.82) is 5.26 Å². The summed E-state index contributed by atoms with van der Waals surface area (Å²) in [4.78, 5) is 11.0. The fourth-order valence-electron chi connectivity index (χ4n) is 1.41. The van der Waals surface area contributed by atoms with E-state index >= 15 is 0 Å². The third-order valence-corrected chi connectivity index (χ3v) is 2.05. The van der Waals surface area contributed by atoms with Gasteiger partial charge in [-0.25, -0.2) is 4.79 Å². The minimum absolute atomic E-state index is 0.110. The molecule has 0 saturated heterocycles. The van der Waals surface area contributed by atoms with Crippen LogP contribution in [0.25, 0.3) is 0 Å². The molecule has 0 spiro atoms. The number of ether oxygens (including phenoxy) is 1. The molecule has 0 aliphatic heterocycles. The fraction of sp³-hybridized carbons (Fsp3) is 0.273. The molecule has 1 rings (SSSR count). The van der Waals surface area contributed by atoms with Crippen LogP contribution in [0.4, 0.5) is 8.78 Å². The maximum atomic E-state index is 12.1. The molecule has 0 bridgehead atoms. The van der Waals surface area contributed by atoms with Gasteiger partial charge in [0.05, 0.1) is 6.07 Å². The molecule has 0 unspecified atom stereocenters. The van der Waals surface area contributed by atoms with Gasteiger partial charge < -0.3 is 9.84 Å². The molecule has 6 heteroatoms. The van der Waals surface area contributed by atoms with E-state index in [-0.39, 0.29) is 24.2 Å². The Labute approximate surface area is 96.0 Å². The second-order valence-electron chi connectivity index (χ2n) is 3.13. The second kappa shape index (κ2) is 5.80. The van der Waals surface area contributed by atoms with Crippen LogP contribution in [0, 0.1) is 11.3 Å². The van der Waals surface area contributed by atoms with Crippen LogP contribution in [0.5, 0.6) is 5.75 Å². The molecule has 4 nitrogen and oxygen atoms in total. The minimum Gasteiger partial charge on any atom is -0.478 e. The number of rotatable bonds is 5. The summed E-state index contributed by atoms with van der Waals surface area (Å²) in [6.45, 7) is -3.08. The molecule has 1 aromatic rings. The molecule has 0 aromatic heterocycles. The zero-order chi connectivity index (χ0) is 12.8. The van der Waals surface area contributed by atoms with Crippen molar-refractivity contribution in [3.8, 4) is 11.8 Å². The molecule has 0 aliphatic rings. The fourth-order valence-corrected chi connectivity index (χ4v) is 1.41. The number of hydrogen-bond donors (Lipinski definition) is 1. The monoisotopic (exact) mass is 241 g/mol. The van der Waals surface area contributed by atoms with E-state index in [1.54, 1.807) is 0 Å². The van der Waals surface area contributed by atoms with Crippen molar-refractivity contribution >= 4 is 5.97 Å². The van der Waals surface area contributed by atoms with Crippen LogP contribution < -0.4 is 4.74 Å². The first-order valence-corrected chi connectivity index (χ1v) is 4.73. The number of halogens is 2. The van der Waals surface area contributed by atoms with Gasteiger partial charge in [-0.2, -0.15) is 14.0 Å². The largest absolute Gasteiger partial charge is 0.478 e. The minimum atomic E-state index is -3.08. The van der Waals surface area contributed by atoms with E-state index in [0.717, 1.165) is 6.07 Å². The van der Waals surface area contributed by atoms with Gasteiger partial charge in [0.1, 0.15) is 11.3 Å². The van der Waals surface area contributed by atoms with Crippen molar-refractivity contribution in [2.24, 2.45) is 0 Å². The Balaban J connectivity index is 3.13. The number of carboxylic acids is 1. The van der Waals surface area contributed by atoms with Gasteiger partial charge in [-0.05, 0) is 18.1 Å². The highest BCUT2D eigenvalue weighted by Gasteiger charge is 2.18. The van der Waals surface area contributed by atoms with E-state index in [0.29, 0.717) is 5.56 Å². The lowest BCUT2D eigenvalue weighted by molar-refractivity contribution is -0.0503. The normalized spacial score (nSPS) is 10.0. The Hall–Kier alpha value is -2.16. The molecule has 1 N–H and O–H groups in total. The number of aryl methyl sites for hydroxylation is 1. The van der Waals surface area contributed by atoms with Crippen molar-refractivity contribution in [2.75, 3.05) is 0 Å². The first kappa shape index (κ1) is 12.9. The highest BCUT2D eigenvalue weighted by atomic mass is 19.3. The van der Waals surface area contributed by atoms with Crippen LogP contribution >= 0.6 is 0 Å². The number of nitrogens with zero attached hydrogens (tertiary/aromatic N) is 1. The number of carbonyl (C=O) groups is 1. The van der Waals surface area contributed by atoms with Crippen LogP contribution in [0.15, 0.2) is 18.2 Å². The quantitative estimate of drug-likeness (QED) is 0.859. The van der Waals surface area contributed by atoms with Crippen molar-refractivity contribution in [1.82, 2.24) is 0 Å². The predicted octanol–water partition coefficient (Wildman–Crippen LogP) is 2.44. The summed E-state index contributed by atoms with van der Waals surface area (Å²) in [5, 5.41) is 17.4. The summed E-state index contributed by atoms with van der Waals surface area (Å²) in [6, 6.07) is 5.90. The number of alkyl halides is 2. The van der Waals surface area contributed by atoms with Gasteiger partial charge in [-0.3, -0.25) is 0 Å². The standard InChI is InChI=1S/C11H9F2NO3/c12-11(13)17-8-5-1-3-7(4-2-6-14)9(8)10(15)16/h1,3,5,11H,2,4H2,(H,15,16). The van der Waals surface area contributed by atoms with Crippen LogP contribution in [-0.4, -0.2) is 17.7 Å². The zero-order valence-electron chi connectivity index (χ0n) is 8.69. The first-order valence-electron chi connectivity index (χ1n) is 4.73. The van der Waals surface area contributed by atoms with Crippen LogP contribution in [0.2, 0.25) is 0 Å². The third-order valence-electron chi connectivity index (χ3n) is 2.05. The van der Waals surface area contributed by atoms with Gasteiger partial charge in [0, 0.05) is 6.42 Å². The van der Waals surface area contributed by atoms with E-state index in [9.17, 15) is 13.6 Å². The van der Waals surface area contributed by atoms with E-state index in [2.05, 4.69) is 4.74 Å². The Morgan fingerprint density at radius 3 is 2.76 bits per heavy atom. The maximum absolute atomic E-state index is 12.1. The average molecular weight is 241 g/mol. The molecule has 0 fully saturated rings. The van der Waals surface area contributed by atoms with E-state index < -0.39 is 12.6 Å². The lowest BCUT2D eigenvalue weighted by atomic mass is 10.0. The number of aromatic carboxylic acids is 1. The van der Waals surface area contributed by atoms with E-state index in [1.807, 2.05) is 6.07 Å². The first-order chi connectivity index (χ1) is 8.06. The molecular formula is C11H9F2NO3. The predicted molar refractivity (Wildman–Crippen MR) is 54.0 cm³/mol. The zero-order valence-corrected chi connectivity index (χ0v) is 8.69. The van der Waals surface area contributed by atoms with Gasteiger partial charge in [-0.15, -0.1) is 0 Å². The Morgan fingerprint density at radius 1 is 1.53 bits per heavy atom. The Bertz CT molecular complexity index is 455. The second-order valence-corrected chi connectivity index (χ2v) is 3.13. The molecule has 0 heterocycles. The van der Waals surface area contributed by atoms with Gasteiger partial charge in [0.25, 0.3) is 0 Å². The molecule has 0 amide bonds. The number of nitriles is 1. The van der Waals surface area contributed by atoms with Gasteiger partial charge in [0.15, 0.2) is 0 Å². The molecule has 0 saturated carbocycles. The summed E-state index contributed by atoms with van der Waals surface area (Å²) in [5.74, 6) is -1.74. The SMILES string of the molecule is N#CCCc1cccc(OC(F)F)c1C(=O)O. The van der Waals surface area contributed by atoms with Crippen LogP contribution in [0.1, 0.15) is 22.3 Å². The summed E-state index contributed by atoms with van der Waals surface area (Å²) in [5.41, 5.74) is -0.0137. The van der Waals surface area contributed by atoms with E-state index in [1.165, 1.54) is 12.1 Å². The van der Waals surface area contributed by atoms with Gasteiger partial charge in [-0.1, -0.05) is 12.1 Å². The smallest absolute Gasteiger partial charge is 0.387 e. The number of carboxylic acid groups (broad SMARTS) is 1.